The Morgan fingerprint density at radius 2 is 2.05 bits per heavy atom. The lowest BCUT2D eigenvalue weighted by Crippen LogP contribution is -2.62. The van der Waals surface area contributed by atoms with E-state index in [9.17, 15) is 0 Å². The molecule has 124 valence electrons. The first kappa shape index (κ1) is 16.4. The molecule has 2 fully saturated rings. The minimum atomic E-state index is 0.730. The van der Waals surface area contributed by atoms with Crippen LogP contribution < -0.4 is 0 Å². The molecule has 4 nitrogen and oxygen atoms in total. The van der Waals surface area contributed by atoms with E-state index in [-0.39, 0.29) is 0 Å². The molecule has 0 bridgehead atoms. The Labute approximate surface area is 138 Å². The Morgan fingerprint density at radius 3 is 2.64 bits per heavy atom. The van der Waals surface area contributed by atoms with Gasteiger partial charge < -0.3 is 4.74 Å². The van der Waals surface area contributed by atoms with Crippen LogP contribution in [-0.2, 0) is 11.3 Å². The summed E-state index contributed by atoms with van der Waals surface area (Å²) in [6.45, 7) is 13.4. The van der Waals surface area contributed by atoms with Crippen LogP contribution in [-0.4, -0.2) is 59.7 Å². The summed E-state index contributed by atoms with van der Waals surface area (Å²) in [5.41, 5.74) is 3.17. The van der Waals surface area contributed by atoms with Crippen molar-refractivity contribution >= 4 is 11.3 Å². The van der Waals surface area contributed by atoms with E-state index < -0.39 is 0 Å². The predicted molar refractivity (Wildman–Crippen MR) is 91.3 cm³/mol. The normalized spacial score (nSPS) is 21.7. The number of rotatable bonds is 6. The fourth-order valence-electron chi connectivity index (χ4n) is 3.60. The lowest BCUT2D eigenvalue weighted by Gasteiger charge is -2.49. The number of nitrogens with zero attached hydrogens (tertiary/aromatic N) is 3. The van der Waals surface area contributed by atoms with Crippen molar-refractivity contribution in [2.75, 3.05) is 32.8 Å². The van der Waals surface area contributed by atoms with Gasteiger partial charge in [0.1, 0.15) is 0 Å². The van der Waals surface area contributed by atoms with E-state index in [1.165, 1.54) is 43.0 Å². The maximum atomic E-state index is 5.55. The van der Waals surface area contributed by atoms with Gasteiger partial charge in [-0.05, 0) is 25.7 Å². The van der Waals surface area contributed by atoms with Gasteiger partial charge in [-0.25, -0.2) is 4.98 Å². The number of aromatic nitrogens is 1. The number of thiazole rings is 1. The Bertz CT molecular complexity index is 464. The maximum absolute atomic E-state index is 5.55. The number of likely N-dealkylation sites (tertiary alicyclic amines) is 1. The van der Waals surface area contributed by atoms with Gasteiger partial charge in [-0.15, -0.1) is 11.3 Å². The zero-order valence-electron chi connectivity index (χ0n) is 14.1. The molecule has 22 heavy (non-hydrogen) atoms. The summed E-state index contributed by atoms with van der Waals surface area (Å²) >= 11 is 1.79. The first-order valence-corrected chi connectivity index (χ1v) is 9.46. The van der Waals surface area contributed by atoms with E-state index in [0.717, 1.165) is 37.8 Å². The van der Waals surface area contributed by atoms with Gasteiger partial charge in [0, 0.05) is 56.4 Å². The van der Waals surface area contributed by atoms with Crippen molar-refractivity contribution in [3.8, 4) is 0 Å². The first-order valence-electron chi connectivity index (χ1n) is 8.58. The Hall–Kier alpha value is -0.490. The van der Waals surface area contributed by atoms with Crippen molar-refractivity contribution < 1.29 is 4.74 Å². The van der Waals surface area contributed by atoms with Crippen molar-refractivity contribution in [2.24, 2.45) is 5.92 Å². The molecule has 2 saturated heterocycles. The number of hydrogen-bond acceptors (Lipinski definition) is 5. The molecule has 3 heterocycles. The largest absolute Gasteiger partial charge is 0.381 e. The molecule has 0 unspecified atom stereocenters. The average molecular weight is 324 g/mol. The third-order valence-corrected chi connectivity index (χ3v) is 5.77. The van der Waals surface area contributed by atoms with E-state index in [1.54, 1.807) is 11.3 Å². The molecular weight excluding hydrogens is 294 g/mol. The third-order valence-electron chi connectivity index (χ3n) is 4.85. The molecule has 0 spiro atoms. The molecule has 1 aromatic heterocycles. The SMILES string of the molecule is Cc1ncsc1CN1CC(N(CC(C)C)C2CCOCC2)C1. The van der Waals surface area contributed by atoms with Crippen LogP contribution in [0.2, 0.25) is 0 Å². The van der Waals surface area contributed by atoms with E-state index >= 15 is 0 Å². The number of hydrogen-bond donors (Lipinski definition) is 0. The second kappa shape index (κ2) is 7.39. The summed E-state index contributed by atoms with van der Waals surface area (Å²) in [5, 5.41) is 0. The van der Waals surface area contributed by atoms with Crippen LogP contribution in [0.15, 0.2) is 5.51 Å². The zero-order chi connectivity index (χ0) is 15.5. The molecule has 0 atom stereocenters. The summed E-state index contributed by atoms with van der Waals surface area (Å²) in [7, 11) is 0. The fourth-order valence-corrected chi connectivity index (χ4v) is 4.42. The molecule has 0 aliphatic carbocycles. The van der Waals surface area contributed by atoms with Gasteiger partial charge >= 0.3 is 0 Å². The summed E-state index contributed by atoms with van der Waals surface area (Å²) in [4.78, 5) is 11.1. The average Bonchev–Trinajstić information content (AvgIpc) is 2.86. The zero-order valence-corrected chi connectivity index (χ0v) is 14.9. The van der Waals surface area contributed by atoms with Crippen LogP contribution in [0.5, 0.6) is 0 Å². The van der Waals surface area contributed by atoms with Gasteiger partial charge in [0.15, 0.2) is 0 Å². The highest BCUT2D eigenvalue weighted by Crippen LogP contribution is 2.26. The molecule has 0 saturated carbocycles. The topological polar surface area (TPSA) is 28.6 Å². The summed E-state index contributed by atoms with van der Waals surface area (Å²) in [5.74, 6) is 0.737. The van der Waals surface area contributed by atoms with E-state index in [2.05, 4.69) is 35.6 Å². The van der Waals surface area contributed by atoms with Crippen LogP contribution in [0, 0.1) is 12.8 Å². The van der Waals surface area contributed by atoms with Crippen molar-refractivity contribution in [1.82, 2.24) is 14.8 Å². The third kappa shape index (κ3) is 3.88. The molecule has 5 heteroatoms. The van der Waals surface area contributed by atoms with E-state index in [1.807, 2.05) is 5.51 Å². The first-order chi connectivity index (χ1) is 10.6. The van der Waals surface area contributed by atoms with Crippen LogP contribution in [0.25, 0.3) is 0 Å². The molecule has 2 aliphatic rings. The number of aryl methyl sites for hydroxylation is 1. The van der Waals surface area contributed by atoms with Crippen LogP contribution in [0.1, 0.15) is 37.3 Å². The standard InChI is InChI=1S/C17H29N3OS/c1-13(2)8-20(15-4-6-21-7-5-15)16-9-19(10-16)11-17-14(3)18-12-22-17/h12-13,15-16H,4-11H2,1-3H3. The molecule has 3 rings (SSSR count). The minimum Gasteiger partial charge on any atom is -0.381 e. The van der Waals surface area contributed by atoms with Gasteiger partial charge in [-0.2, -0.15) is 0 Å². The van der Waals surface area contributed by atoms with Gasteiger partial charge in [0.2, 0.25) is 0 Å². The highest BCUT2D eigenvalue weighted by atomic mass is 32.1. The van der Waals surface area contributed by atoms with Gasteiger partial charge in [0.05, 0.1) is 11.2 Å². The van der Waals surface area contributed by atoms with Gasteiger partial charge in [-0.3, -0.25) is 9.80 Å². The second-order valence-corrected chi connectivity index (χ2v) is 8.08. The predicted octanol–water partition coefficient (Wildman–Crippen LogP) is 2.77. The van der Waals surface area contributed by atoms with Crippen molar-refractivity contribution in [1.29, 1.82) is 0 Å². The highest BCUT2D eigenvalue weighted by Gasteiger charge is 2.36. The van der Waals surface area contributed by atoms with Crippen LogP contribution in [0.3, 0.4) is 0 Å². The molecule has 0 aromatic carbocycles. The molecule has 1 aromatic rings. The van der Waals surface area contributed by atoms with Crippen LogP contribution >= 0.6 is 11.3 Å². The van der Waals surface area contributed by atoms with Crippen molar-refractivity contribution in [3.63, 3.8) is 0 Å². The summed E-state index contributed by atoms with van der Waals surface area (Å²) in [6, 6.07) is 1.46. The highest BCUT2D eigenvalue weighted by molar-refractivity contribution is 7.09. The lowest BCUT2D eigenvalue weighted by atomic mass is 9.98. The van der Waals surface area contributed by atoms with Crippen LogP contribution in [0.4, 0.5) is 0 Å². The molecule has 0 N–H and O–H groups in total. The molecule has 0 amide bonds. The smallest absolute Gasteiger partial charge is 0.0798 e. The maximum Gasteiger partial charge on any atom is 0.0798 e. The molecule has 2 aliphatic heterocycles. The fraction of sp³-hybridized carbons (Fsp3) is 0.824. The minimum absolute atomic E-state index is 0.730. The van der Waals surface area contributed by atoms with Crippen molar-refractivity contribution in [2.45, 2.75) is 52.2 Å². The Morgan fingerprint density at radius 1 is 1.32 bits per heavy atom. The van der Waals surface area contributed by atoms with E-state index in [4.69, 9.17) is 4.74 Å². The summed E-state index contributed by atoms with van der Waals surface area (Å²) in [6.07, 6.45) is 2.41. The lowest BCUT2D eigenvalue weighted by molar-refractivity contribution is -0.0381. The van der Waals surface area contributed by atoms with E-state index in [0.29, 0.717) is 0 Å². The Balaban J connectivity index is 1.54. The van der Waals surface area contributed by atoms with Gasteiger partial charge in [-0.1, -0.05) is 13.8 Å². The monoisotopic (exact) mass is 323 g/mol. The quantitative estimate of drug-likeness (QED) is 0.805. The molecular formula is C17H29N3OS. The van der Waals surface area contributed by atoms with Gasteiger partial charge in [0.25, 0.3) is 0 Å². The molecule has 0 radical (unpaired) electrons. The second-order valence-electron chi connectivity index (χ2n) is 7.14. The van der Waals surface area contributed by atoms with Crippen molar-refractivity contribution in [3.05, 3.63) is 16.1 Å². The number of ether oxygens (including phenoxy) is 1. The summed E-state index contributed by atoms with van der Waals surface area (Å²) < 4.78 is 5.55. The Kier molecular flexibility index (Phi) is 5.50.